The highest BCUT2D eigenvalue weighted by Gasteiger charge is 2.07. The molecule has 0 aliphatic rings. The minimum Gasteiger partial charge on any atom is -0.491 e. The van der Waals surface area contributed by atoms with Gasteiger partial charge in [-0.3, -0.25) is 0 Å². The van der Waals surface area contributed by atoms with Crippen LogP contribution in [0.3, 0.4) is 0 Å². The van der Waals surface area contributed by atoms with E-state index in [9.17, 15) is 0 Å². The first-order chi connectivity index (χ1) is 6.19. The Hall–Kier alpha value is -1.29. The summed E-state index contributed by atoms with van der Waals surface area (Å²) in [4.78, 5) is 4.06. The molecule has 72 valence electrons. The highest BCUT2D eigenvalue weighted by atomic mass is 16.5. The molecule has 1 atom stereocenters. The topological polar surface area (TPSA) is 57.4 Å². The maximum absolute atomic E-state index is 5.69. The summed E-state index contributed by atoms with van der Waals surface area (Å²) in [7, 11) is 3.13. The molecule has 0 spiro atoms. The molecular formula is C9H14N2O2. The number of hydrogen-bond donors (Lipinski definition) is 1. The zero-order valence-electron chi connectivity index (χ0n) is 8.07. The third kappa shape index (κ3) is 2.09. The molecule has 2 N–H and O–H groups in total. The summed E-state index contributed by atoms with van der Waals surface area (Å²) in [5.74, 6) is 1.09. The Kier molecular flexibility index (Phi) is 3.08. The summed E-state index contributed by atoms with van der Waals surface area (Å²) in [6, 6.07) is 1.78. The lowest BCUT2D eigenvalue weighted by Gasteiger charge is -2.09. The molecule has 1 unspecified atom stereocenters. The third-order valence-corrected chi connectivity index (χ3v) is 1.78. The van der Waals surface area contributed by atoms with Crippen LogP contribution in [0.1, 0.15) is 18.5 Å². The normalized spacial score (nSPS) is 12.3. The number of rotatable bonds is 3. The van der Waals surface area contributed by atoms with Gasteiger partial charge in [-0.15, -0.1) is 0 Å². The Morgan fingerprint density at radius 1 is 1.38 bits per heavy atom. The molecule has 0 radical (unpaired) electrons. The second-order valence-electron chi connectivity index (χ2n) is 2.77. The minimum atomic E-state index is -0.0488. The molecule has 0 aliphatic carbocycles. The molecule has 1 rings (SSSR count). The number of aromatic nitrogens is 1. The largest absolute Gasteiger partial charge is 0.491 e. The lowest BCUT2D eigenvalue weighted by Crippen LogP contribution is -2.06. The van der Waals surface area contributed by atoms with Crippen molar-refractivity contribution in [2.45, 2.75) is 13.0 Å². The Balaban J connectivity index is 3.05. The Bertz CT molecular complexity index is 287. The van der Waals surface area contributed by atoms with Crippen LogP contribution in [0.25, 0.3) is 0 Å². The van der Waals surface area contributed by atoms with Gasteiger partial charge < -0.3 is 15.2 Å². The van der Waals surface area contributed by atoms with Gasteiger partial charge in [-0.25, -0.2) is 4.98 Å². The zero-order chi connectivity index (χ0) is 9.84. The van der Waals surface area contributed by atoms with Gasteiger partial charge in [0, 0.05) is 12.2 Å². The molecule has 1 aromatic heterocycles. The average molecular weight is 182 g/mol. The second-order valence-corrected chi connectivity index (χ2v) is 2.77. The van der Waals surface area contributed by atoms with E-state index in [4.69, 9.17) is 15.2 Å². The van der Waals surface area contributed by atoms with Crippen LogP contribution in [0, 0.1) is 0 Å². The molecule has 0 amide bonds. The van der Waals surface area contributed by atoms with Gasteiger partial charge in [0.25, 0.3) is 5.88 Å². The van der Waals surface area contributed by atoms with Crippen molar-refractivity contribution in [3.8, 4) is 11.6 Å². The highest BCUT2D eigenvalue weighted by Crippen LogP contribution is 2.26. The van der Waals surface area contributed by atoms with Crippen LogP contribution >= 0.6 is 0 Å². The zero-order valence-corrected chi connectivity index (χ0v) is 8.07. The van der Waals surface area contributed by atoms with Crippen molar-refractivity contribution in [2.75, 3.05) is 14.2 Å². The highest BCUT2D eigenvalue weighted by molar-refractivity contribution is 5.37. The first kappa shape index (κ1) is 9.80. The van der Waals surface area contributed by atoms with E-state index in [1.165, 1.54) is 0 Å². The van der Waals surface area contributed by atoms with E-state index in [2.05, 4.69) is 4.98 Å². The lowest BCUT2D eigenvalue weighted by atomic mass is 10.1. The first-order valence-corrected chi connectivity index (χ1v) is 4.02. The predicted octanol–water partition coefficient (Wildman–Crippen LogP) is 1.12. The summed E-state index contributed by atoms with van der Waals surface area (Å²) in [5, 5.41) is 0. The molecule has 4 heteroatoms. The lowest BCUT2D eigenvalue weighted by molar-refractivity contribution is 0.342. The van der Waals surface area contributed by atoms with E-state index in [0.29, 0.717) is 11.6 Å². The first-order valence-electron chi connectivity index (χ1n) is 4.02. The fourth-order valence-corrected chi connectivity index (χ4v) is 0.996. The summed E-state index contributed by atoms with van der Waals surface area (Å²) in [6.07, 6.45) is 1.69. The van der Waals surface area contributed by atoms with Crippen LogP contribution in [0.5, 0.6) is 11.6 Å². The smallest absolute Gasteiger partial charge is 0.256 e. The fraction of sp³-hybridized carbons (Fsp3) is 0.444. The number of nitrogens with two attached hydrogens (primary N) is 1. The molecule has 4 nitrogen and oxygen atoms in total. The quantitative estimate of drug-likeness (QED) is 0.761. The van der Waals surface area contributed by atoms with Crippen molar-refractivity contribution in [1.82, 2.24) is 4.98 Å². The van der Waals surface area contributed by atoms with Crippen LogP contribution in [-0.4, -0.2) is 19.2 Å². The van der Waals surface area contributed by atoms with Gasteiger partial charge in [0.15, 0.2) is 5.75 Å². The molecule has 1 heterocycles. The number of pyridine rings is 1. The van der Waals surface area contributed by atoms with Crippen LogP contribution in [-0.2, 0) is 0 Å². The van der Waals surface area contributed by atoms with Gasteiger partial charge in [-0.05, 0) is 18.6 Å². The number of ether oxygens (including phenoxy) is 2. The number of nitrogens with zero attached hydrogens (tertiary/aromatic N) is 1. The van der Waals surface area contributed by atoms with E-state index < -0.39 is 0 Å². The molecule has 0 saturated heterocycles. The SMILES string of the molecule is COc1cc(C(C)N)cnc1OC. The molecule has 0 aliphatic heterocycles. The van der Waals surface area contributed by atoms with Gasteiger partial charge in [-0.2, -0.15) is 0 Å². The summed E-state index contributed by atoms with van der Waals surface area (Å²) >= 11 is 0. The predicted molar refractivity (Wildman–Crippen MR) is 49.9 cm³/mol. The van der Waals surface area contributed by atoms with E-state index in [0.717, 1.165) is 5.56 Å². The van der Waals surface area contributed by atoms with Crippen LogP contribution in [0.4, 0.5) is 0 Å². The Labute approximate surface area is 77.7 Å². The third-order valence-electron chi connectivity index (χ3n) is 1.78. The number of hydrogen-bond acceptors (Lipinski definition) is 4. The van der Waals surface area contributed by atoms with Crippen molar-refractivity contribution < 1.29 is 9.47 Å². The van der Waals surface area contributed by atoms with E-state index in [1.54, 1.807) is 20.4 Å². The van der Waals surface area contributed by atoms with E-state index >= 15 is 0 Å². The van der Waals surface area contributed by atoms with Gasteiger partial charge >= 0.3 is 0 Å². The van der Waals surface area contributed by atoms with Crippen LogP contribution < -0.4 is 15.2 Å². The van der Waals surface area contributed by atoms with Crippen molar-refractivity contribution >= 4 is 0 Å². The molecule has 0 saturated carbocycles. The average Bonchev–Trinajstić information content (AvgIpc) is 2.16. The van der Waals surface area contributed by atoms with Gasteiger partial charge in [0.2, 0.25) is 0 Å². The molecule has 0 bridgehead atoms. The Morgan fingerprint density at radius 2 is 2.08 bits per heavy atom. The minimum absolute atomic E-state index is 0.0488. The van der Waals surface area contributed by atoms with Crippen molar-refractivity contribution in [1.29, 1.82) is 0 Å². The van der Waals surface area contributed by atoms with Crippen LogP contribution in [0.15, 0.2) is 12.3 Å². The Morgan fingerprint density at radius 3 is 2.54 bits per heavy atom. The fourth-order valence-electron chi connectivity index (χ4n) is 0.996. The second kappa shape index (κ2) is 4.09. The van der Waals surface area contributed by atoms with Crippen LogP contribution in [0.2, 0.25) is 0 Å². The molecule has 0 fully saturated rings. The maximum atomic E-state index is 5.69. The van der Waals surface area contributed by atoms with Crippen molar-refractivity contribution in [3.63, 3.8) is 0 Å². The number of methoxy groups -OCH3 is 2. The monoisotopic (exact) mass is 182 g/mol. The van der Waals surface area contributed by atoms with Crippen molar-refractivity contribution in [2.24, 2.45) is 5.73 Å². The molecule has 0 aromatic carbocycles. The summed E-state index contributed by atoms with van der Waals surface area (Å²) < 4.78 is 10.1. The molecule has 13 heavy (non-hydrogen) atoms. The van der Waals surface area contributed by atoms with Gasteiger partial charge in [0.05, 0.1) is 14.2 Å². The molecular weight excluding hydrogens is 168 g/mol. The standard InChI is InChI=1S/C9H14N2O2/c1-6(10)7-4-8(12-2)9(13-3)11-5-7/h4-6H,10H2,1-3H3. The van der Waals surface area contributed by atoms with E-state index in [-0.39, 0.29) is 6.04 Å². The summed E-state index contributed by atoms with van der Waals surface area (Å²) in [6.45, 7) is 1.89. The van der Waals surface area contributed by atoms with Gasteiger partial charge in [-0.1, -0.05) is 0 Å². The molecule has 1 aromatic rings. The van der Waals surface area contributed by atoms with E-state index in [1.807, 2.05) is 13.0 Å². The summed E-state index contributed by atoms with van der Waals surface area (Å²) in [5.41, 5.74) is 6.62. The van der Waals surface area contributed by atoms with Crippen molar-refractivity contribution in [3.05, 3.63) is 17.8 Å². The van der Waals surface area contributed by atoms with Gasteiger partial charge in [0.1, 0.15) is 0 Å². The maximum Gasteiger partial charge on any atom is 0.256 e.